The van der Waals surface area contributed by atoms with E-state index < -0.39 is 0 Å². The smallest absolute Gasteiger partial charge is 0.129 e. The SMILES string of the molecule is Cc1nc2c(cc(OCC(C)CO)c3ccsc32)s1. The second-order valence-electron chi connectivity index (χ2n) is 4.72. The number of fused-ring (bicyclic) bond motifs is 3. The molecule has 100 valence electrons. The molecule has 5 heteroatoms. The van der Waals surface area contributed by atoms with E-state index in [0.29, 0.717) is 6.61 Å². The highest BCUT2D eigenvalue weighted by Gasteiger charge is 2.13. The van der Waals surface area contributed by atoms with Crippen molar-refractivity contribution in [2.24, 2.45) is 5.92 Å². The Bertz CT molecular complexity index is 717. The Kier molecular flexibility index (Phi) is 3.43. The highest BCUT2D eigenvalue weighted by atomic mass is 32.1. The van der Waals surface area contributed by atoms with Gasteiger partial charge in [-0.3, -0.25) is 0 Å². The highest BCUT2D eigenvalue weighted by Crippen LogP contribution is 2.38. The van der Waals surface area contributed by atoms with Gasteiger partial charge in [-0.25, -0.2) is 4.98 Å². The number of aliphatic hydroxyl groups is 1. The van der Waals surface area contributed by atoms with Gasteiger partial charge >= 0.3 is 0 Å². The first-order chi connectivity index (χ1) is 9.19. The minimum atomic E-state index is 0.146. The fourth-order valence-electron chi connectivity index (χ4n) is 1.99. The number of hydrogen-bond donors (Lipinski definition) is 1. The third-order valence-electron chi connectivity index (χ3n) is 3.00. The van der Waals surface area contributed by atoms with Gasteiger partial charge in [-0.1, -0.05) is 6.92 Å². The van der Waals surface area contributed by atoms with Crippen LogP contribution in [0, 0.1) is 12.8 Å². The van der Waals surface area contributed by atoms with Crippen LogP contribution in [-0.4, -0.2) is 23.3 Å². The molecule has 0 aliphatic rings. The molecule has 3 aromatic rings. The second kappa shape index (κ2) is 5.07. The van der Waals surface area contributed by atoms with Gasteiger partial charge in [-0.2, -0.15) is 0 Å². The van der Waals surface area contributed by atoms with Crippen LogP contribution in [0.3, 0.4) is 0 Å². The number of aryl methyl sites for hydroxylation is 1. The molecular weight excluding hydrogens is 278 g/mol. The monoisotopic (exact) mass is 293 g/mol. The predicted octanol–water partition coefficient (Wildman–Crippen LogP) is 3.83. The number of benzene rings is 1. The summed E-state index contributed by atoms with van der Waals surface area (Å²) < 4.78 is 8.23. The third-order valence-corrected chi connectivity index (χ3v) is 4.84. The number of hydrogen-bond acceptors (Lipinski definition) is 5. The summed E-state index contributed by atoms with van der Waals surface area (Å²) in [5, 5.41) is 13.3. The van der Waals surface area contributed by atoms with Crippen LogP contribution in [0.1, 0.15) is 11.9 Å². The van der Waals surface area contributed by atoms with Gasteiger partial charge in [0, 0.05) is 24.0 Å². The summed E-state index contributed by atoms with van der Waals surface area (Å²) in [4.78, 5) is 4.60. The van der Waals surface area contributed by atoms with Crippen LogP contribution in [0.5, 0.6) is 5.75 Å². The third kappa shape index (κ3) is 2.33. The van der Waals surface area contributed by atoms with Crippen molar-refractivity contribution < 1.29 is 9.84 Å². The van der Waals surface area contributed by atoms with Crippen molar-refractivity contribution in [2.75, 3.05) is 13.2 Å². The Hall–Kier alpha value is -1.17. The molecule has 0 amide bonds. The molecule has 0 aliphatic carbocycles. The lowest BCUT2D eigenvalue weighted by atomic mass is 10.2. The van der Waals surface area contributed by atoms with Crippen LogP contribution in [0.15, 0.2) is 17.5 Å². The maximum absolute atomic E-state index is 9.08. The zero-order chi connectivity index (χ0) is 13.4. The van der Waals surface area contributed by atoms with E-state index >= 15 is 0 Å². The summed E-state index contributed by atoms with van der Waals surface area (Å²) in [6.07, 6.45) is 0. The largest absolute Gasteiger partial charge is 0.492 e. The maximum atomic E-state index is 9.08. The fourth-order valence-corrected chi connectivity index (χ4v) is 3.82. The number of nitrogens with zero attached hydrogens (tertiary/aromatic N) is 1. The lowest BCUT2D eigenvalue weighted by Gasteiger charge is -2.11. The molecule has 1 unspecified atom stereocenters. The summed E-state index contributed by atoms with van der Waals surface area (Å²) in [5.74, 6) is 1.04. The average molecular weight is 293 g/mol. The van der Waals surface area contributed by atoms with Gasteiger partial charge in [0.05, 0.1) is 26.5 Å². The molecular formula is C14H15NO2S2. The van der Waals surface area contributed by atoms with Crippen molar-refractivity contribution in [1.29, 1.82) is 0 Å². The van der Waals surface area contributed by atoms with Crippen molar-refractivity contribution in [3.63, 3.8) is 0 Å². The maximum Gasteiger partial charge on any atom is 0.129 e. The first-order valence-corrected chi connectivity index (χ1v) is 7.89. The summed E-state index contributed by atoms with van der Waals surface area (Å²) in [6.45, 7) is 4.68. The van der Waals surface area contributed by atoms with E-state index in [0.717, 1.165) is 21.7 Å². The fraction of sp³-hybridized carbons (Fsp3) is 0.357. The number of aromatic nitrogens is 1. The molecule has 3 nitrogen and oxygen atoms in total. The van der Waals surface area contributed by atoms with E-state index in [1.807, 2.05) is 13.8 Å². The average Bonchev–Trinajstić information content (AvgIpc) is 3.00. The van der Waals surface area contributed by atoms with E-state index in [-0.39, 0.29) is 12.5 Å². The first kappa shape index (κ1) is 12.8. The number of thiazole rings is 1. The zero-order valence-corrected chi connectivity index (χ0v) is 12.5. The van der Waals surface area contributed by atoms with Crippen LogP contribution < -0.4 is 4.74 Å². The van der Waals surface area contributed by atoms with Crippen LogP contribution in [-0.2, 0) is 0 Å². The molecule has 0 saturated carbocycles. The van der Waals surface area contributed by atoms with Crippen molar-refractivity contribution in [2.45, 2.75) is 13.8 Å². The molecule has 0 aliphatic heterocycles. The van der Waals surface area contributed by atoms with Crippen molar-refractivity contribution in [1.82, 2.24) is 4.98 Å². The van der Waals surface area contributed by atoms with Gasteiger partial charge in [-0.05, 0) is 18.4 Å². The Morgan fingerprint density at radius 2 is 2.32 bits per heavy atom. The van der Waals surface area contributed by atoms with E-state index in [9.17, 15) is 0 Å². The molecule has 0 radical (unpaired) electrons. The van der Waals surface area contributed by atoms with Gasteiger partial charge in [0.1, 0.15) is 5.75 Å². The minimum absolute atomic E-state index is 0.146. The topological polar surface area (TPSA) is 42.4 Å². The van der Waals surface area contributed by atoms with Gasteiger partial charge in [0.2, 0.25) is 0 Å². The number of rotatable bonds is 4. The predicted molar refractivity (Wildman–Crippen MR) is 81.5 cm³/mol. The highest BCUT2D eigenvalue weighted by molar-refractivity contribution is 7.21. The molecule has 0 saturated heterocycles. The molecule has 2 heterocycles. The summed E-state index contributed by atoms with van der Waals surface area (Å²) in [6, 6.07) is 4.15. The zero-order valence-electron chi connectivity index (χ0n) is 10.8. The summed E-state index contributed by atoms with van der Waals surface area (Å²) >= 11 is 3.39. The van der Waals surface area contributed by atoms with Crippen LogP contribution in [0.2, 0.25) is 0 Å². The standard InChI is InChI=1S/C14H15NO2S2/c1-8(6-16)7-17-11-5-12-13(15-9(2)19-12)14-10(11)3-4-18-14/h3-5,8,16H,6-7H2,1-2H3. The van der Waals surface area contributed by atoms with Crippen molar-refractivity contribution in [3.05, 3.63) is 22.5 Å². The molecule has 2 aromatic heterocycles. The number of ether oxygens (including phenoxy) is 1. The molecule has 1 aromatic carbocycles. The Morgan fingerprint density at radius 3 is 3.11 bits per heavy atom. The second-order valence-corrected chi connectivity index (χ2v) is 6.87. The lowest BCUT2D eigenvalue weighted by Crippen LogP contribution is -2.12. The molecule has 3 rings (SSSR count). The number of aliphatic hydroxyl groups excluding tert-OH is 1. The van der Waals surface area contributed by atoms with E-state index in [4.69, 9.17) is 9.84 Å². The Morgan fingerprint density at radius 1 is 1.47 bits per heavy atom. The summed E-state index contributed by atoms with van der Waals surface area (Å²) in [5.41, 5.74) is 1.08. The van der Waals surface area contributed by atoms with Crippen molar-refractivity contribution in [3.8, 4) is 5.75 Å². The van der Waals surface area contributed by atoms with Crippen LogP contribution in [0.25, 0.3) is 20.3 Å². The van der Waals surface area contributed by atoms with Gasteiger partial charge in [0.15, 0.2) is 0 Å². The molecule has 19 heavy (non-hydrogen) atoms. The minimum Gasteiger partial charge on any atom is -0.492 e. The molecule has 1 atom stereocenters. The quantitative estimate of drug-likeness (QED) is 0.795. The molecule has 1 N–H and O–H groups in total. The molecule has 0 bridgehead atoms. The normalized spacial score (nSPS) is 13.2. The van der Waals surface area contributed by atoms with Crippen molar-refractivity contribution >= 4 is 43.0 Å². The van der Waals surface area contributed by atoms with E-state index in [1.54, 1.807) is 22.7 Å². The van der Waals surface area contributed by atoms with Gasteiger partial charge in [-0.15, -0.1) is 22.7 Å². The van der Waals surface area contributed by atoms with E-state index in [1.165, 1.54) is 9.40 Å². The van der Waals surface area contributed by atoms with Crippen LogP contribution in [0.4, 0.5) is 0 Å². The summed E-state index contributed by atoms with van der Waals surface area (Å²) in [7, 11) is 0. The van der Waals surface area contributed by atoms with Gasteiger partial charge < -0.3 is 9.84 Å². The van der Waals surface area contributed by atoms with Crippen LogP contribution >= 0.6 is 22.7 Å². The Labute approximate surface area is 119 Å². The molecule has 0 fully saturated rings. The van der Waals surface area contributed by atoms with E-state index in [2.05, 4.69) is 22.5 Å². The van der Waals surface area contributed by atoms with Gasteiger partial charge in [0.25, 0.3) is 0 Å². The first-order valence-electron chi connectivity index (χ1n) is 6.20. The Balaban J connectivity index is 2.08. The lowest BCUT2D eigenvalue weighted by molar-refractivity contribution is 0.175. The molecule has 0 spiro atoms. The number of thiophene rings is 1.